The summed E-state index contributed by atoms with van der Waals surface area (Å²) in [6.07, 6.45) is 6.88. The topological polar surface area (TPSA) is 69.0 Å². The van der Waals surface area contributed by atoms with Gasteiger partial charge in [0.25, 0.3) is 0 Å². The molecule has 6 nitrogen and oxygen atoms in total. The molecule has 0 bridgehead atoms. The first-order valence-electron chi connectivity index (χ1n) is 7.21. The van der Waals surface area contributed by atoms with Crippen LogP contribution in [0, 0.1) is 12.3 Å². The molecule has 0 saturated heterocycles. The highest BCUT2D eigenvalue weighted by molar-refractivity contribution is 7.99. The number of allylic oxidation sites excluding steroid dienone is 1. The van der Waals surface area contributed by atoms with Crippen LogP contribution in [0.4, 0.5) is 0 Å². The van der Waals surface area contributed by atoms with E-state index in [1.807, 2.05) is 28.8 Å². The van der Waals surface area contributed by atoms with E-state index in [2.05, 4.69) is 28.0 Å². The molecule has 2 rings (SSSR count). The van der Waals surface area contributed by atoms with Crippen LogP contribution in [0.5, 0.6) is 5.75 Å². The van der Waals surface area contributed by atoms with Gasteiger partial charge in [0.2, 0.25) is 5.91 Å². The summed E-state index contributed by atoms with van der Waals surface area (Å²) >= 11 is 1.30. The Kier molecular flexibility index (Phi) is 6.46. The lowest BCUT2D eigenvalue weighted by molar-refractivity contribution is -0.118. The van der Waals surface area contributed by atoms with Gasteiger partial charge < -0.3 is 10.1 Å². The van der Waals surface area contributed by atoms with Gasteiger partial charge in [0.15, 0.2) is 11.0 Å². The lowest BCUT2D eigenvalue weighted by Gasteiger charge is -2.08. The molecule has 2 aromatic rings. The summed E-state index contributed by atoms with van der Waals surface area (Å²) in [5.74, 6) is 3.93. The highest BCUT2D eigenvalue weighted by Crippen LogP contribution is 2.25. The molecule has 0 aliphatic rings. The van der Waals surface area contributed by atoms with Crippen molar-refractivity contribution in [3.8, 4) is 29.5 Å². The number of thioether (sulfide) groups is 1. The molecule has 124 valence electrons. The molecule has 0 fully saturated rings. The van der Waals surface area contributed by atoms with Crippen molar-refractivity contribution in [2.24, 2.45) is 0 Å². The molecule has 7 heteroatoms. The Bertz CT molecular complexity index is 747. The summed E-state index contributed by atoms with van der Waals surface area (Å²) in [4.78, 5) is 11.7. The quantitative estimate of drug-likeness (QED) is 0.451. The second-order valence-electron chi connectivity index (χ2n) is 4.70. The number of nitrogens with zero attached hydrogens (tertiary/aromatic N) is 3. The molecule has 1 amide bonds. The van der Waals surface area contributed by atoms with Crippen molar-refractivity contribution < 1.29 is 9.53 Å². The van der Waals surface area contributed by atoms with Crippen molar-refractivity contribution in [2.75, 3.05) is 19.4 Å². The number of carbonyl (C=O) groups is 1. The monoisotopic (exact) mass is 342 g/mol. The molecule has 0 spiro atoms. The Hall–Kier alpha value is -2.72. The van der Waals surface area contributed by atoms with Gasteiger partial charge in [-0.3, -0.25) is 9.36 Å². The number of amides is 1. The molecular weight excluding hydrogens is 324 g/mol. The molecular formula is C17H18N4O2S. The van der Waals surface area contributed by atoms with Crippen molar-refractivity contribution in [2.45, 2.75) is 11.7 Å². The van der Waals surface area contributed by atoms with Gasteiger partial charge in [-0.1, -0.05) is 23.8 Å². The standard InChI is InChI=1S/C17H18N4O2S/c1-4-10-18-15(22)12-24-17-20-19-16(21(17)11-5-2)13-6-8-14(23-3)9-7-13/h1,5-9H,2,10-12H2,3H3,(H,18,22). The predicted molar refractivity (Wildman–Crippen MR) is 94.8 cm³/mol. The Morgan fingerprint density at radius 1 is 1.46 bits per heavy atom. The second-order valence-corrected chi connectivity index (χ2v) is 5.65. The van der Waals surface area contributed by atoms with Crippen LogP contribution in [0.1, 0.15) is 0 Å². The molecule has 1 aromatic carbocycles. The molecule has 0 unspecified atom stereocenters. The van der Waals surface area contributed by atoms with Crippen molar-refractivity contribution >= 4 is 17.7 Å². The Labute approximate surface area is 145 Å². The van der Waals surface area contributed by atoms with Crippen LogP contribution in [0.2, 0.25) is 0 Å². The van der Waals surface area contributed by atoms with Crippen molar-refractivity contribution in [3.05, 3.63) is 36.9 Å². The summed E-state index contributed by atoms with van der Waals surface area (Å²) in [7, 11) is 1.62. The van der Waals surface area contributed by atoms with Crippen LogP contribution in [0.3, 0.4) is 0 Å². The summed E-state index contributed by atoms with van der Waals surface area (Å²) in [5, 5.41) is 11.7. The highest BCUT2D eigenvalue weighted by atomic mass is 32.2. The molecule has 1 N–H and O–H groups in total. The highest BCUT2D eigenvalue weighted by Gasteiger charge is 2.14. The van der Waals surface area contributed by atoms with E-state index < -0.39 is 0 Å². The number of hydrogen-bond acceptors (Lipinski definition) is 5. The summed E-state index contributed by atoms with van der Waals surface area (Å²) in [6, 6.07) is 7.55. The number of aromatic nitrogens is 3. The molecule has 24 heavy (non-hydrogen) atoms. The van der Waals surface area contributed by atoms with E-state index in [0.717, 1.165) is 11.3 Å². The van der Waals surface area contributed by atoms with Gasteiger partial charge in [0.1, 0.15) is 5.75 Å². The van der Waals surface area contributed by atoms with Crippen LogP contribution in [-0.4, -0.2) is 40.1 Å². The SMILES string of the molecule is C#CCNC(=O)CSc1nnc(-c2ccc(OC)cc2)n1CC=C. The minimum absolute atomic E-state index is 0.142. The van der Waals surface area contributed by atoms with E-state index in [0.29, 0.717) is 17.5 Å². The average molecular weight is 342 g/mol. The summed E-state index contributed by atoms with van der Waals surface area (Å²) in [6.45, 7) is 4.53. The zero-order valence-corrected chi connectivity index (χ0v) is 14.2. The number of terminal acetylenes is 1. The maximum absolute atomic E-state index is 11.7. The van der Waals surface area contributed by atoms with Crippen LogP contribution in [0.15, 0.2) is 42.1 Å². The molecule has 1 aromatic heterocycles. The summed E-state index contributed by atoms with van der Waals surface area (Å²) < 4.78 is 7.07. The number of hydrogen-bond donors (Lipinski definition) is 1. The Morgan fingerprint density at radius 3 is 2.83 bits per heavy atom. The van der Waals surface area contributed by atoms with Crippen LogP contribution in [0.25, 0.3) is 11.4 Å². The summed E-state index contributed by atoms with van der Waals surface area (Å²) in [5.41, 5.74) is 0.911. The third kappa shape index (κ3) is 4.40. The molecule has 1 heterocycles. The van der Waals surface area contributed by atoms with E-state index in [-0.39, 0.29) is 18.2 Å². The van der Waals surface area contributed by atoms with Crippen LogP contribution >= 0.6 is 11.8 Å². The third-order valence-corrected chi connectivity index (χ3v) is 4.06. The molecule has 0 atom stereocenters. The number of nitrogens with one attached hydrogen (secondary N) is 1. The lowest BCUT2D eigenvalue weighted by Crippen LogP contribution is -2.25. The average Bonchev–Trinajstić information content (AvgIpc) is 3.01. The van der Waals surface area contributed by atoms with Gasteiger partial charge in [-0.25, -0.2) is 0 Å². The number of ether oxygens (including phenoxy) is 1. The van der Waals surface area contributed by atoms with E-state index >= 15 is 0 Å². The van der Waals surface area contributed by atoms with E-state index in [1.165, 1.54) is 11.8 Å². The number of methoxy groups -OCH3 is 1. The van der Waals surface area contributed by atoms with E-state index in [1.54, 1.807) is 13.2 Å². The fourth-order valence-corrected chi connectivity index (χ4v) is 2.75. The van der Waals surface area contributed by atoms with Crippen LogP contribution in [-0.2, 0) is 11.3 Å². The largest absolute Gasteiger partial charge is 0.497 e. The Balaban J connectivity index is 2.18. The van der Waals surface area contributed by atoms with Gasteiger partial charge in [0.05, 0.1) is 19.4 Å². The zero-order chi connectivity index (χ0) is 17.4. The van der Waals surface area contributed by atoms with Gasteiger partial charge in [-0.2, -0.15) is 0 Å². The number of carbonyl (C=O) groups excluding carboxylic acids is 1. The first-order chi connectivity index (χ1) is 11.7. The fraction of sp³-hybridized carbons (Fsp3) is 0.235. The van der Waals surface area contributed by atoms with E-state index in [4.69, 9.17) is 11.2 Å². The van der Waals surface area contributed by atoms with E-state index in [9.17, 15) is 4.79 Å². The second kappa shape index (κ2) is 8.79. The van der Waals surface area contributed by atoms with Crippen LogP contribution < -0.4 is 10.1 Å². The number of rotatable bonds is 8. The van der Waals surface area contributed by atoms with Gasteiger partial charge >= 0.3 is 0 Å². The molecule has 0 saturated carbocycles. The third-order valence-electron chi connectivity index (χ3n) is 3.10. The minimum Gasteiger partial charge on any atom is -0.497 e. The molecule has 0 aliphatic heterocycles. The normalized spacial score (nSPS) is 10.0. The first-order valence-corrected chi connectivity index (χ1v) is 8.19. The predicted octanol–water partition coefficient (Wildman–Crippen LogP) is 1.98. The van der Waals surface area contributed by atoms with Gasteiger partial charge in [-0.15, -0.1) is 23.2 Å². The minimum atomic E-state index is -0.142. The van der Waals surface area contributed by atoms with Crippen molar-refractivity contribution in [3.63, 3.8) is 0 Å². The van der Waals surface area contributed by atoms with Gasteiger partial charge in [0, 0.05) is 12.1 Å². The Morgan fingerprint density at radius 2 is 2.21 bits per heavy atom. The van der Waals surface area contributed by atoms with Crippen molar-refractivity contribution in [1.29, 1.82) is 0 Å². The van der Waals surface area contributed by atoms with Gasteiger partial charge in [-0.05, 0) is 24.3 Å². The smallest absolute Gasteiger partial charge is 0.231 e. The van der Waals surface area contributed by atoms with Crippen molar-refractivity contribution in [1.82, 2.24) is 20.1 Å². The maximum atomic E-state index is 11.7. The fourth-order valence-electron chi connectivity index (χ4n) is 1.97. The first kappa shape index (κ1) is 17.6. The maximum Gasteiger partial charge on any atom is 0.231 e. The number of benzene rings is 1. The zero-order valence-electron chi connectivity index (χ0n) is 13.4. The lowest BCUT2D eigenvalue weighted by atomic mass is 10.2. The molecule has 0 aliphatic carbocycles. The molecule has 0 radical (unpaired) electrons.